The van der Waals surface area contributed by atoms with E-state index in [9.17, 15) is 22.8 Å². The molecule has 2 aromatic carbocycles. The van der Waals surface area contributed by atoms with Gasteiger partial charge in [0.1, 0.15) is 6.04 Å². The Hall–Kier alpha value is -3.27. The van der Waals surface area contributed by atoms with E-state index in [0.717, 1.165) is 49.4 Å². The number of morpholine rings is 1. The number of anilines is 3. The summed E-state index contributed by atoms with van der Waals surface area (Å²) in [5.74, 6) is -0.212. The monoisotopic (exact) mass is 488 g/mol. The van der Waals surface area contributed by atoms with Crippen molar-refractivity contribution in [3.05, 3.63) is 54.1 Å². The molecular formula is C25H27F3N4O3. The molecule has 0 unspecified atom stereocenters. The third-order valence-corrected chi connectivity index (χ3v) is 6.78. The summed E-state index contributed by atoms with van der Waals surface area (Å²) < 4.78 is 44.0. The average molecular weight is 489 g/mol. The van der Waals surface area contributed by atoms with Crippen LogP contribution in [0.5, 0.6) is 0 Å². The predicted molar refractivity (Wildman–Crippen MR) is 126 cm³/mol. The summed E-state index contributed by atoms with van der Waals surface area (Å²) in [6.45, 7) is 2.30. The van der Waals surface area contributed by atoms with E-state index < -0.39 is 23.8 Å². The molecule has 3 aliphatic heterocycles. The number of hydrogen-bond donors (Lipinski definition) is 2. The number of fused-ring (bicyclic) bond motifs is 2. The molecule has 0 spiro atoms. The number of carbonyl (C=O) groups is 2. The van der Waals surface area contributed by atoms with Gasteiger partial charge in [-0.15, -0.1) is 0 Å². The number of alkyl halides is 3. The fraction of sp³-hybridized carbons (Fsp3) is 0.440. The summed E-state index contributed by atoms with van der Waals surface area (Å²) in [6.07, 6.45) is -0.463. The zero-order valence-corrected chi connectivity index (χ0v) is 19.1. The number of hydrogen-bond acceptors (Lipinski definition) is 4. The average Bonchev–Trinajstić information content (AvgIpc) is 3.17. The SMILES string of the molecule is O=C(Nc1ccc(C(F)(F)F)cc1)N[C@@H]1CCCN(c2ccc(N3C[C@H]4CC[C@@H](C3)O4)cc2)C1=O. The lowest BCUT2D eigenvalue weighted by molar-refractivity contribution is -0.137. The highest BCUT2D eigenvalue weighted by Crippen LogP contribution is 2.32. The van der Waals surface area contributed by atoms with E-state index in [-0.39, 0.29) is 23.8 Å². The first-order valence-corrected chi connectivity index (χ1v) is 11.8. The van der Waals surface area contributed by atoms with Gasteiger partial charge in [-0.05, 0) is 74.2 Å². The van der Waals surface area contributed by atoms with Gasteiger partial charge in [0.2, 0.25) is 5.91 Å². The van der Waals surface area contributed by atoms with Crippen LogP contribution in [0.4, 0.5) is 35.0 Å². The molecule has 3 heterocycles. The van der Waals surface area contributed by atoms with Gasteiger partial charge in [0, 0.05) is 36.7 Å². The second-order valence-corrected chi connectivity index (χ2v) is 9.24. The van der Waals surface area contributed by atoms with Crippen LogP contribution in [0.2, 0.25) is 0 Å². The zero-order chi connectivity index (χ0) is 24.6. The van der Waals surface area contributed by atoms with Gasteiger partial charge in [-0.1, -0.05) is 0 Å². The molecule has 10 heteroatoms. The summed E-state index contributed by atoms with van der Waals surface area (Å²) in [4.78, 5) is 29.5. The minimum atomic E-state index is -4.45. The Bertz CT molecular complexity index is 1060. The standard InChI is InChI=1S/C25H27F3N4O3/c26-25(27,28)16-3-5-17(6-4-16)29-24(34)30-22-2-1-13-32(23(22)33)19-9-7-18(8-10-19)31-14-20-11-12-21(15-31)35-20/h3-10,20-22H,1-2,11-15H2,(H2,29,30,34)/t20-,21+,22-/m1/s1. The molecule has 7 nitrogen and oxygen atoms in total. The van der Waals surface area contributed by atoms with Crippen molar-refractivity contribution >= 4 is 29.0 Å². The molecular weight excluding hydrogens is 461 g/mol. The van der Waals surface area contributed by atoms with E-state index in [2.05, 4.69) is 15.5 Å². The van der Waals surface area contributed by atoms with Crippen LogP contribution in [0.1, 0.15) is 31.2 Å². The molecule has 5 rings (SSSR count). The zero-order valence-electron chi connectivity index (χ0n) is 19.1. The van der Waals surface area contributed by atoms with Crippen molar-refractivity contribution in [2.24, 2.45) is 0 Å². The Kier molecular flexibility index (Phi) is 6.31. The number of benzene rings is 2. The number of ether oxygens (including phenoxy) is 1. The van der Waals surface area contributed by atoms with Crippen LogP contribution < -0.4 is 20.4 Å². The largest absolute Gasteiger partial charge is 0.416 e. The van der Waals surface area contributed by atoms with Crippen LogP contribution >= 0.6 is 0 Å². The molecule has 0 aromatic heterocycles. The molecule has 0 aliphatic carbocycles. The Morgan fingerprint density at radius 1 is 0.914 bits per heavy atom. The maximum atomic E-state index is 13.1. The first kappa shape index (κ1) is 23.5. The molecule has 3 amide bonds. The topological polar surface area (TPSA) is 73.9 Å². The Balaban J connectivity index is 1.19. The van der Waals surface area contributed by atoms with Gasteiger partial charge in [-0.25, -0.2) is 4.79 Å². The molecule has 2 N–H and O–H groups in total. The number of amides is 3. The number of halogens is 3. The number of piperidine rings is 1. The van der Waals surface area contributed by atoms with Crippen molar-refractivity contribution in [2.45, 2.75) is 50.1 Å². The molecule has 3 atom stereocenters. The normalized spacial score (nSPS) is 24.4. The minimum Gasteiger partial charge on any atom is -0.371 e. The number of urea groups is 1. The van der Waals surface area contributed by atoms with E-state index in [1.807, 2.05) is 24.3 Å². The summed E-state index contributed by atoms with van der Waals surface area (Å²) in [5, 5.41) is 5.15. The van der Waals surface area contributed by atoms with Crippen molar-refractivity contribution in [1.29, 1.82) is 0 Å². The highest BCUT2D eigenvalue weighted by atomic mass is 19.4. The Morgan fingerprint density at radius 3 is 2.17 bits per heavy atom. The van der Waals surface area contributed by atoms with E-state index in [1.165, 1.54) is 12.1 Å². The van der Waals surface area contributed by atoms with Gasteiger partial charge in [-0.2, -0.15) is 13.2 Å². The summed E-state index contributed by atoms with van der Waals surface area (Å²) in [5.41, 5.74) is 1.28. The van der Waals surface area contributed by atoms with Crippen LogP contribution in [0, 0.1) is 0 Å². The van der Waals surface area contributed by atoms with Crippen LogP contribution in [0.3, 0.4) is 0 Å². The number of carbonyl (C=O) groups excluding carboxylic acids is 2. The number of rotatable bonds is 4. The van der Waals surface area contributed by atoms with E-state index in [1.54, 1.807) is 4.90 Å². The third kappa shape index (κ3) is 5.22. The molecule has 0 saturated carbocycles. The molecule has 2 aromatic rings. The maximum absolute atomic E-state index is 13.1. The van der Waals surface area contributed by atoms with E-state index in [4.69, 9.17) is 4.74 Å². The van der Waals surface area contributed by atoms with E-state index >= 15 is 0 Å². The highest BCUT2D eigenvalue weighted by Gasteiger charge is 2.34. The fourth-order valence-electron chi connectivity index (χ4n) is 5.00. The van der Waals surface area contributed by atoms with Crippen molar-refractivity contribution < 1.29 is 27.5 Å². The number of nitrogens with zero attached hydrogens (tertiary/aromatic N) is 2. The smallest absolute Gasteiger partial charge is 0.371 e. The lowest BCUT2D eigenvalue weighted by Gasteiger charge is -2.35. The first-order chi connectivity index (χ1) is 16.8. The molecule has 3 fully saturated rings. The van der Waals surface area contributed by atoms with Crippen LogP contribution in [0.25, 0.3) is 0 Å². The van der Waals surface area contributed by atoms with Crippen molar-refractivity contribution in [1.82, 2.24) is 5.32 Å². The summed E-state index contributed by atoms with van der Waals surface area (Å²) >= 11 is 0. The predicted octanol–water partition coefficient (Wildman–Crippen LogP) is 4.39. The third-order valence-electron chi connectivity index (χ3n) is 6.78. The molecule has 186 valence electrons. The van der Waals surface area contributed by atoms with Gasteiger partial charge < -0.3 is 25.2 Å². The van der Waals surface area contributed by atoms with Crippen LogP contribution in [0.15, 0.2) is 48.5 Å². The van der Waals surface area contributed by atoms with Crippen molar-refractivity contribution in [3.63, 3.8) is 0 Å². The molecule has 0 radical (unpaired) electrons. The minimum absolute atomic E-state index is 0.211. The lowest BCUT2D eigenvalue weighted by Crippen LogP contribution is -2.53. The molecule has 35 heavy (non-hydrogen) atoms. The van der Waals surface area contributed by atoms with Crippen LogP contribution in [-0.2, 0) is 15.7 Å². The highest BCUT2D eigenvalue weighted by molar-refractivity contribution is 6.01. The van der Waals surface area contributed by atoms with Crippen molar-refractivity contribution in [2.75, 3.05) is 34.8 Å². The second-order valence-electron chi connectivity index (χ2n) is 9.24. The first-order valence-electron chi connectivity index (χ1n) is 11.8. The summed E-state index contributed by atoms with van der Waals surface area (Å²) in [7, 11) is 0. The molecule has 2 bridgehead atoms. The van der Waals surface area contributed by atoms with Gasteiger partial charge in [-0.3, -0.25) is 4.79 Å². The fourth-order valence-corrected chi connectivity index (χ4v) is 5.00. The Labute approximate surface area is 201 Å². The quantitative estimate of drug-likeness (QED) is 0.670. The van der Waals surface area contributed by atoms with Gasteiger partial charge in [0.05, 0.1) is 17.8 Å². The van der Waals surface area contributed by atoms with Crippen molar-refractivity contribution in [3.8, 4) is 0 Å². The molecule has 3 aliphatic rings. The van der Waals surface area contributed by atoms with Gasteiger partial charge >= 0.3 is 12.2 Å². The summed E-state index contributed by atoms with van der Waals surface area (Å²) in [6, 6.07) is 10.7. The lowest BCUT2D eigenvalue weighted by atomic mass is 10.0. The van der Waals surface area contributed by atoms with E-state index in [0.29, 0.717) is 19.4 Å². The van der Waals surface area contributed by atoms with Gasteiger partial charge in [0.15, 0.2) is 0 Å². The van der Waals surface area contributed by atoms with Crippen LogP contribution in [-0.4, -0.2) is 49.8 Å². The second kappa shape index (κ2) is 9.41. The molecule has 3 saturated heterocycles. The Morgan fingerprint density at radius 2 is 1.54 bits per heavy atom. The van der Waals surface area contributed by atoms with Gasteiger partial charge in [0.25, 0.3) is 0 Å². The maximum Gasteiger partial charge on any atom is 0.416 e. The number of nitrogens with one attached hydrogen (secondary N) is 2.